The summed E-state index contributed by atoms with van der Waals surface area (Å²) in [6.07, 6.45) is 3.88. The fourth-order valence-electron chi connectivity index (χ4n) is 1.77. The first kappa shape index (κ1) is 14.6. The van der Waals surface area contributed by atoms with Gasteiger partial charge < -0.3 is 5.32 Å². The van der Waals surface area contributed by atoms with Crippen LogP contribution in [0.3, 0.4) is 0 Å². The Hall–Kier alpha value is -0.470. The lowest BCUT2D eigenvalue weighted by Gasteiger charge is -2.11. The van der Waals surface area contributed by atoms with Crippen molar-refractivity contribution in [3.8, 4) is 0 Å². The van der Waals surface area contributed by atoms with Gasteiger partial charge in [0.2, 0.25) is 0 Å². The SMILES string of the molecule is CCCNCC(C)CCCSc1ccccc1. The summed E-state index contributed by atoms with van der Waals surface area (Å²) in [5.41, 5.74) is 0. The fraction of sp³-hybridized carbons (Fsp3) is 0.600. The minimum atomic E-state index is 0.804. The molecule has 1 nitrogen and oxygen atoms in total. The Balaban J connectivity index is 2.00. The van der Waals surface area contributed by atoms with Crippen molar-refractivity contribution >= 4 is 11.8 Å². The molecule has 1 unspecified atom stereocenters. The number of rotatable bonds is 9. The second kappa shape index (κ2) is 9.55. The summed E-state index contributed by atoms with van der Waals surface area (Å²) in [7, 11) is 0. The van der Waals surface area contributed by atoms with Crippen LogP contribution < -0.4 is 5.32 Å². The van der Waals surface area contributed by atoms with Crippen LogP contribution in [0, 0.1) is 5.92 Å². The second-order valence-corrected chi connectivity index (χ2v) is 5.78. The van der Waals surface area contributed by atoms with Gasteiger partial charge in [-0.15, -0.1) is 11.8 Å². The number of nitrogens with one attached hydrogen (secondary N) is 1. The van der Waals surface area contributed by atoms with Crippen molar-refractivity contribution in [3.63, 3.8) is 0 Å². The third kappa shape index (κ3) is 7.45. The molecule has 2 heteroatoms. The summed E-state index contributed by atoms with van der Waals surface area (Å²) in [4.78, 5) is 1.39. The summed E-state index contributed by atoms with van der Waals surface area (Å²) in [6, 6.07) is 10.7. The molecule has 0 aliphatic rings. The molecule has 17 heavy (non-hydrogen) atoms. The predicted octanol–water partition coefficient (Wildman–Crippen LogP) is 4.19. The van der Waals surface area contributed by atoms with Crippen LogP contribution in [0.15, 0.2) is 35.2 Å². The first-order valence-electron chi connectivity index (χ1n) is 6.71. The second-order valence-electron chi connectivity index (χ2n) is 4.61. The molecule has 1 aromatic carbocycles. The molecule has 1 atom stereocenters. The van der Waals surface area contributed by atoms with E-state index in [4.69, 9.17) is 0 Å². The minimum absolute atomic E-state index is 0.804. The maximum atomic E-state index is 3.49. The molecule has 0 saturated carbocycles. The molecule has 0 amide bonds. The molecule has 0 fully saturated rings. The molecule has 0 spiro atoms. The van der Waals surface area contributed by atoms with Crippen molar-refractivity contribution in [1.29, 1.82) is 0 Å². The molecule has 0 saturated heterocycles. The van der Waals surface area contributed by atoms with Crippen LogP contribution in [0.5, 0.6) is 0 Å². The van der Waals surface area contributed by atoms with Gasteiger partial charge in [-0.05, 0) is 56.2 Å². The van der Waals surface area contributed by atoms with Crippen LogP contribution in [-0.4, -0.2) is 18.8 Å². The average molecular weight is 251 g/mol. The van der Waals surface area contributed by atoms with E-state index in [1.165, 1.54) is 36.5 Å². The van der Waals surface area contributed by atoms with Gasteiger partial charge in [0.05, 0.1) is 0 Å². The van der Waals surface area contributed by atoms with E-state index in [-0.39, 0.29) is 0 Å². The molecule has 0 bridgehead atoms. The van der Waals surface area contributed by atoms with Gasteiger partial charge in [0.15, 0.2) is 0 Å². The quantitative estimate of drug-likeness (QED) is 0.521. The maximum absolute atomic E-state index is 3.49. The Kier molecular flexibility index (Phi) is 8.20. The van der Waals surface area contributed by atoms with E-state index in [2.05, 4.69) is 49.5 Å². The summed E-state index contributed by atoms with van der Waals surface area (Å²) < 4.78 is 0. The number of benzene rings is 1. The van der Waals surface area contributed by atoms with Crippen LogP contribution in [0.1, 0.15) is 33.1 Å². The summed E-state index contributed by atoms with van der Waals surface area (Å²) in [5, 5.41) is 3.49. The fourth-order valence-corrected chi connectivity index (χ4v) is 2.66. The molecule has 0 radical (unpaired) electrons. The topological polar surface area (TPSA) is 12.0 Å². The molecule has 1 rings (SSSR count). The van der Waals surface area contributed by atoms with E-state index in [1.807, 2.05) is 11.8 Å². The predicted molar refractivity (Wildman–Crippen MR) is 78.7 cm³/mol. The van der Waals surface area contributed by atoms with Gasteiger partial charge in [-0.1, -0.05) is 32.0 Å². The van der Waals surface area contributed by atoms with Gasteiger partial charge in [0.25, 0.3) is 0 Å². The molecule has 96 valence electrons. The Morgan fingerprint density at radius 1 is 1.24 bits per heavy atom. The van der Waals surface area contributed by atoms with Crippen molar-refractivity contribution in [3.05, 3.63) is 30.3 Å². The first-order chi connectivity index (χ1) is 8.33. The highest BCUT2D eigenvalue weighted by Gasteiger charge is 2.01. The number of hydrogen-bond donors (Lipinski definition) is 1. The van der Waals surface area contributed by atoms with E-state index in [9.17, 15) is 0 Å². The highest BCUT2D eigenvalue weighted by atomic mass is 32.2. The van der Waals surface area contributed by atoms with Crippen molar-refractivity contribution in [2.75, 3.05) is 18.8 Å². The lowest BCUT2D eigenvalue weighted by atomic mass is 10.1. The molecule has 0 heterocycles. The lowest BCUT2D eigenvalue weighted by Crippen LogP contribution is -2.21. The maximum Gasteiger partial charge on any atom is 0.00719 e. The molecule has 1 aromatic rings. The van der Waals surface area contributed by atoms with Crippen molar-refractivity contribution in [2.24, 2.45) is 5.92 Å². The third-order valence-corrected chi connectivity index (χ3v) is 3.87. The van der Waals surface area contributed by atoms with Gasteiger partial charge in [0, 0.05) is 4.90 Å². The Morgan fingerprint density at radius 2 is 2.00 bits per heavy atom. The highest BCUT2D eigenvalue weighted by molar-refractivity contribution is 7.99. The zero-order valence-corrected chi connectivity index (χ0v) is 11.9. The van der Waals surface area contributed by atoms with Crippen LogP contribution in [0.4, 0.5) is 0 Å². The minimum Gasteiger partial charge on any atom is -0.316 e. The van der Waals surface area contributed by atoms with E-state index in [0.717, 1.165) is 12.5 Å². The summed E-state index contributed by atoms with van der Waals surface area (Å²) in [5.74, 6) is 2.04. The normalized spacial score (nSPS) is 12.6. The largest absolute Gasteiger partial charge is 0.316 e. The zero-order chi connectivity index (χ0) is 12.3. The van der Waals surface area contributed by atoms with Crippen molar-refractivity contribution in [1.82, 2.24) is 5.32 Å². The summed E-state index contributed by atoms with van der Waals surface area (Å²) >= 11 is 1.97. The Labute approximate surface area is 110 Å². The molecular formula is C15H25NS. The Bertz CT molecular complexity index is 274. The van der Waals surface area contributed by atoms with Gasteiger partial charge in [-0.3, -0.25) is 0 Å². The molecule has 0 aromatic heterocycles. The molecule has 0 aliphatic carbocycles. The highest BCUT2D eigenvalue weighted by Crippen LogP contribution is 2.19. The zero-order valence-electron chi connectivity index (χ0n) is 11.1. The molecular weight excluding hydrogens is 226 g/mol. The van der Waals surface area contributed by atoms with Crippen LogP contribution in [0.25, 0.3) is 0 Å². The monoisotopic (exact) mass is 251 g/mol. The van der Waals surface area contributed by atoms with Crippen LogP contribution >= 0.6 is 11.8 Å². The van der Waals surface area contributed by atoms with E-state index in [1.54, 1.807) is 0 Å². The van der Waals surface area contributed by atoms with E-state index < -0.39 is 0 Å². The standard InChI is InChI=1S/C15H25NS/c1-3-11-16-13-14(2)8-7-12-17-15-9-5-4-6-10-15/h4-6,9-10,14,16H,3,7-8,11-13H2,1-2H3. The number of hydrogen-bond acceptors (Lipinski definition) is 2. The first-order valence-corrected chi connectivity index (χ1v) is 7.70. The van der Waals surface area contributed by atoms with Crippen molar-refractivity contribution in [2.45, 2.75) is 38.0 Å². The summed E-state index contributed by atoms with van der Waals surface area (Å²) in [6.45, 7) is 6.89. The van der Waals surface area contributed by atoms with Gasteiger partial charge in [-0.25, -0.2) is 0 Å². The van der Waals surface area contributed by atoms with E-state index >= 15 is 0 Å². The third-order valence-electron chi connectivity index (χ3n) is 2.77. The van der Waals surface area contributed by atoms with E-state index in [0.29, 0.717) is 0 Å². The lowest BCUT2D eigenvalue weighted by molar-refractivity contribution is 0.478. The Morgan fingerprint density at radius 3 is 2.71 bits per heavy atom. The molecule has 1 N–H and O–H groups in total. The van der Waals surface area contributed by atoms with Crippen LogP contribution in [-0.2, 0) is 0 Å². The van der Waals surface area contributed by atoms with Gasteiger partial charge >= 0.3 is 0 Å². The van der Waals surface area contributed by atoms with Crippen molar-refractivity contribution < 1.29 is 0 Å². The average Bonchev–Trinajstić information content (AvgIpc) is 2.36. The van der Waals surface area contributed by atoms with Crippen LogP contribution in [0.2, 0.25) is 0 Å². The molecule has 0 aliphatic heterocycles. The van der Waals surface area contributed by atoms with Gasteiger partial charge in [0.1, 0.15) is 0 Å². The number of thioether (sulfide) groups is 1. The smallest absolute Gasteiger partial charge is 0.00719 e. The van der Waals surface area contributed by atoms with Gasteiger partial charge in [-0.2, -0.15) is 0 Å².